The Labute approximate surface area is 191 Å². The van der Waals surface area contributed by atoms with E-state index in [4.69, 9.17) is 0 Å². The van der Waals surface area contributed by atoms with Crippen molar-refractivity contribution < 1.29 is 18.8 Å². The van der Waals surface area contributed by atoms with Gasteiger partial charge in [-0.2, -0.15) is 0 Å². The average molecular weight is 460 g/mol. The second-order valence-electron chi connectivity index (χ2n) is 7.48. The molecule has 4 amide bonds. The van der Waals surface area contributed by atoms with Crippen LogP contribution in [0.25, 0.3) is 10.2 Å². The highest BCUT2D eigenvalue weighted by Crippen LogP contribution is 2.36. The van der Waals surface area contributed by atoms with E-state index in [9.17, 15) is 18.8 Å². The number of benzene rings is 3. The Morgan fingerprint density at radius 1 is 1.00 bits per heavy atom. The molecule has 0 radical (unpaired) electrons. The third-order valence-electron chi connectivity index (χ3n) is 5.42. The first kappa shape index (κ1) is 20.8. The van der Waals surface area contributed by atoms with Gasteiger partial charge >= 0.3 is 6.03 Å². The summed E-state index contributed by atoms with van der Waals surface area (Å²) in [7, 11) is 0. The van der Waals surface area contributed by atoms with E-state index in [1.54, 1.807) is 48.5 Å². The summed E-state index contributed by atoms with van der Waals surface area (Å²) in [5, 5.41) is 5.65. The van der Waals surface area contributed by atoms with Gasteiger partial charge in [-0.05, 0) is 29.3 Å². The van der Waals surface area contributed by atoms with Crippen molar-refractivity contribution in [3.63, 3.8) is 0 Å². The maximum atomic E-state index is 13.6. The topological polar surface area (TPSA) is 91.4 Å². The van der Waals surface area contributed by atoms with E-state index in [0.717, 1.165) is 16.2 Å². The molecular formula is C24H17FN4O3S. The van der Waals surface area contributed by atoms with Gasteiger partial charge in [0.25, 0.3) is 5.91 Å². The normalized spacial score (nSPS) is 15.0. The summed E-state index contributed by atoms with van der Waals surface area (Å²) in [4.78, 5) is 44.3. The van der Waals surface area contributed by atoms with Gasteiger partial charge in [-0.3, -0.25) is 14.5 Å². The second-order valence-corrected chi connectivity index (χ2v) is 8.51. The maximum Gasteiger partial charge on any atom is 0.326 e. The number of hydrogen-bond acceptors (Lipinski definition) is 5. The molecule has 1 aliphatic heterocycles. The van der Waals surface area contributed by atoms with Crippen LogP contribution in [0, 0.1) is 5.82 Å². The molecule has 0 saturated carbocycles. The van der Waals surface area contributed by atoms with Crippen LogP contribution >= 0.6 is 11.3 Å². The van der Waals surface area contributed by atoms with Crippen molar-refractivity contribution in [1.82, 2.24) is 15.2 Å². The molecule has 0 bridgehead atoms. The largest absolute Gasteiger partial charge is 0.326 e. The van der Waals surface area contributed by atoms with Gasteiger partial charge in [0.05, 0.1) is 10.2 Å². The number of nitrogens with one attached hydrogen (secondary N) is 2. The van der Waals surface area contributed by atoms with Crippen molar-refractivity contribution in [2.24, 2.45) is 0 Å². The number of fused-ring (bicyclic) bond motifs is 1. The summed E-state index contributed by atoms with van der Waals surface area (Å²) in [5.41, 5.74) is 0.281. The lowest BCUT2D eigenvalue weighted by atomic mass is 9.82. The van der Waals surface area contributed by atoms with Crippen LogP contribution in [0.4, 0.5) is 14.3 Å². The molecule has 164 valence electrons. The molecule has 7 nitrogen and oxygen atoms in total. The van der Waals surface area contributed by atoms with E-state index in [1.165, 1.54) is 18.2 Å². The highest BCUT2D eigenvalue weighted by Gasteiger charge is 2.54. The van der Waals surface area contributed by atoms with E-state index in [1.807, 2.05) is 12.1 Å². The quantitative estimate of drug-likeness (QED) is 0.443. The molecule has 1 saturated heterocycles. The van der Waals surface area contributed by atoms with Crippen molar-refractivity contribution in [3.05, 3.63) is 95.8 Å². The molecule has 0 aliphatic carbocycles. The van der Waals surface area contributed by atoms with Crippen LogP contribution < -0.4 is 10.6 Å². The monoisotopic (exact) mass is 460 g/mol. The lowest BCUT2D eigenvalue weighted by Crippen LogP contribution is -2.45. The first-order valence-electron chi connectivity index (χ1n) is 10.1. The van der Waals surface area contributed by atoms with Crippen LogP contribution in [0.5, 0.6) is 0 Å². The fourth-order valence-electron chi connectivity index (χ4n) is 3.91. The zero-order chi connectivity index (χ0) is 23.0. The highest BCUT2D eigenvalue weighted by atomic mass is 32.1. The van der Waals surface area contributed by atoms with E-state index >= 15 is 0 Å². The Hall–Kier alpha value is -4.11. The SMILES string of the molecule is O=C(CN1C(=O)NC(c2ccccc2)(c2ccccc2)C1=O)Nc1nc2ccc(F)cc2s1. The van der Waals surface area contributed by atoms with Crippen molar-refractivity contribution >= 4 is 44.5 Å². The number of anilines is 1. The fraction of sp³-hybridized carbons (Fsp3) is 0.0833. The predicted octanol–water partition coefficient (Wildman–Crippen LogP) is 3.87. The van der Waals surface area contributed by atoms with E-state index in [0.29, 0.717) is 21.3 Å². The number of halogens is 1. The number of rotatable bonds is 5. The molecule has 3 aromatic carbocycles. The maximum absolute atomic E-state index is 13.6. The molecule has 33 heavy (non-hydrogen) atoms. The number of aromatic nitrogens is 1. The molecule has 9 heteroatoms. The Bertz CT molecular complexity index is 1340. The first-order chi connectivity index (χ1) is 16.0. The number of thiazole rings is 1. The average Bonchev–Trinajstić information content (AvgIpc) is 3.33. The van der Waals surface area contributed by atoms with Gasteiger partial charge in [0.1, 0.15) is 12.4 Å². The minimum Gasteiger partial charge on any atom is -0.315 e. The van der Waals surface area contributed by atoms with Gasteiger partial charge in [-0.1, -0.05) is 72.0 Å². The molecule has 2 heterocycles. The summed E-state index contributed by atoms with van der Waals surface area (Å²) in [6, 6.07) is 21.3. The first-order valence-corrected chi connectivity index (χ1v) is 10.9. The molecule has 1 aliphatic rings. The van der Waals surface area contributed by atoms with Crippen molar-refractivity contribution in [1.29, 1.82) is 0 Å². The van der Waals surface area contributed by atoms with Crippen LogP contribution in [0.2, 0.25) is 0 Å². The molecule has 0 unspecified atom stereocenters. The zero-order valence-electron chi connectivity index (χ0n) is 17.1. The predicted molar refractivity (Wildman–Crippen MR) is 122 cm³/mol. The molecule has 2 N–H and O–H groups in total. The molecule has 1 fully saturated rings. The smallest absolute Gasteiger partial charge is 0.315 e. The van der Waals surface area contributed by atoms with Gasteiger partial charge in [0.15, 0.2) is 10.7 Å². The van der Waals surface area contributed by atoms with Gasteiger partial charge in [0.2, 0.25) is 5.91 Å². The van der Waals surface area contributed by atoms with Crippen LogP contribution in [-0.2, 0) is 15.1 Å². The number of hydrogen-bond donors (Lipinski definition) is 2. The van der Waals surface area contributed by atoms with Gasteiger partial charge in [-0.15, -0.1) is 0 Å². The summed E-state index contributed by atoms with van der Waals surface area (Å²) >= 11 is 1.11. The lowest BCUT2D eigenvalue weighted by molar-refractivity contribution is -0.133. The lowest BCUT2D eigenvalue weighted by Gasteiger charge is -2.27. The van der Waals surface area contributed by atoms with Gasteiger partial charge in [-0.25, -0.2) is 14.2 Å². The molecule has 4 aromatic rings. The second kappa shape index (κ2) is 8.10. The molecule has 1 aromatic heterocycles. The number of urea groups is 1. The van der Waals surface area contributed by atoms with Gasteiger partial charge in [0, 0.05) is 0 Å². The van der Waals surface area contributed by atoms with Crippen LogP contribution in [0.1, 0.15) is 11.1 Å². The molecule has 0 spiro atoms. The fourth-order valence-corrected chi connectivity index (χ4v) is 4.82. The van der Waals surface area contributed by atoms with Crippen LogP contribution in [-0.4, -0.2) is 34.3 Å². The van der Waals surface area contributed by atoms with E-state index in [-0.39, 0.29) is 5.13 Å². The number of amides is 4. The summed E-state index contributed by atoms with van der Waals surface area (Å²) < 4.78 is 14.0. The number of carbonyl (C=O) groups excluding carboxylic acids is 3. The summed E-state index contributed by atoms with van der Waals surface area (Å²) in [6.45, 7) is -0.490. The minimum atomic E-state index is -1.44. The van der Waals surface area contributed by atoms with Crippen molar-refractivity contribution in [2.75, 3.05) is 11.9 Å². The Kier molecular flexibility index (Phi) is 5.10. The van der Waals surface area contributed by atoms with Crippen LogP contribution in [0.15, 0.2) is 78.9 Å². The standard InChI is InChI=1S/C24H17FN4O3S/c25-17-11-12-18-19(13-17)33-22(26-18)27-20(30)14-29-21(31)24(28-23(29)32,15-7-3-1-4-8-15)16-9-5-2-6-10-16/h1-13H,14H2,(H,28,32)(H,26,27,30). The van der Waals surface area contributed by atoms with Gasteiger partial charge < -0.3 is 10.6 Å². The van der Waals surface area contributed by atoms with E-state index in [2.05, 4.69) is 15.6 Å². The zero-order valence-corrected chi connectivity index (χ0v) is 17.9. The summed E-state index contributed by atoms with van der Waals surface area (Å²) in [6.07, 6.45) is 0. The Morgan fingerprint density at radius 3 is 2.27 bits per heavy atom. The summed E-state index contributed by atoms with van der Waals surface area (Å²) in [5.74, 6) is -1.54. The third kappa shape index (κ3) is 3.62. The molecular weight excluding hydrogens is 443 g/mol. The minimum absolute atomic E-state index is 0.255. The van der Waals surface area contributed by atoms with E-state index < -0.39 is 35.7 Å². The van der Waals surface area contributed by atoms with Crippen molar-refractivity contribution in [3.8, 4) is 0 Å². The third-order valence-corrected chi connectivity index (χ3v) is 6.35. The van der Waals surface area contributed by atoms with Crippen molar-refractivity contribution in [2.45, 2.75) is 5.54 Å². The Morgan fingerprint density at radius 2 is 1.64 bits per heavy atom. The van der Waals surface area contributed by atoms with Crippen LogP contribution in [0.3, 0.4) is 0 Å². The highest BCUT2D eigenvalue weighted by molar-refractivity contribution is 7.22. The number of imide groups is 1. The molecule has 0 atom stereocenters. The molecule has 5 rings (SSSR count). The number of carbonyl (C=O) groups is 3. The Balaban J connectivity index is 1.42. The number of nitrogens with zero attached hydrogens (tertiary/aromatic N) is 2.